The van der Waals surface area contributed by atoms with Crippen LogP contribution in [-0.2, 0) is 0 Å². The van der Waals surface area contributed by atoms with Crippen LogP contribution in [-0.4, -0.2) is 21.0 Å². The fourth-order valence-corrected chi connectivity index (χ4v) is 1.12. The Morgan fingerprint density at radius 1 is 1.50 bits per heavy atom. The van der Waals surface area contributed by atoms with Gasteiger partial charge in [0.25, 0.3) is 5.56 Å². The van der Waals surface area contributed by atoms with Gasteiger partial charge in [-0.2, -0.15) is 5.10 Å². The second-order valence-electron chi connectivity index (χ2n) is 3.79. The van der Waals surface area contributed by atoms with Crippen LogP contribution in [0.4, 0.5) is 0 Å². The quantitative estimate of drug-likeness (QED) is 0.755. The van der Waals surface area contributed by atoms with Crippen molar-refractivity contribution in [1.29, 1.82) is 0 Å². The van der Waals surface area contributed by atoms with Gasteiger partial charge in [0.2, 0.25) is 0 Å². The molecular weight excluding hydrogens is 204 g/mol. The van der Waals surface area contributed by atoms with Gasteiger partial charge in [0.05, 0.1) is 6.04 Å². The van der Waals surface area contributed by atoms with Gasteiger partial charge in [-0.15, -0.1) is 0 Å². The number of rotatable bonds is 2. The summed E-state index contributed by atoms with van der Waals surface area (Å²) in [5.41, 5.74) is 0.359. The summed E-state index contributed by atoms with van der Waals surface area (Å²) in [5, 5.41) is 13.4. The third-order valence-electron chi connectivity index (χ3n) is 2.07. The molecule has 0 spiro atoms. The van der Waals surface area contributed by atoms with E-state index in [0.717, 1.165) is 0 Å². The molecule has 16 heavy (non-hydrogen) atoms. The molecule has 1 aromatic rings. The maximum Gasteiger partial charge on any atom is 0.267 e. The maximum absolute atomic E-state index is 11.4. The highest BCUT2D eigenvalue weighted by molar-refractivity contribution is 5.26. The van der Waals surface area contributed by atoms with Crippen molar-refractivity contribution in [2.75, 3.05) is 0 Å². The maximum atomic E-state index is 11.4. The van der Waals surface area contributed by atoms with Gasteiger partial charge in [0.15, 0.2) is 0 Å². The highest BCUT2D eigenvalue weighted by atomic mass is 16.3. The minimum absolute atomic E-state index is 0.00495. The van der Waals surface area contributed by atoms with Crippen molar-refractivity contribution in [2.45, 2.75) is 39.3 Å². The molecule has 0 fully saturated rings. The number of aliphatic hydroxyl groups excluding tert-OH is 1. The highest BCUT2D eigenvalue weighted by Crippen LogP contribution is 1.97. The molecule has 1 aromatic heterocycles. The third-order valence-corrected chi connectivity index (χ3v) is 2.07. The largest absolute Gasteiger partial charge is 0.380 e. The first-order valence-electron chi connectivity index (χ1n) is 5.34. The summed E-state index contributed by atoms with van der Waals surface area (Å²) < 4.78 is 1.38. The van der Waals surface area contributed by atoms with E-state index in [0.29, 0.717) is 12.1 Å². The van der Waals surface area contributed by atoms with Gasteiger partial charge in [-0.25, -0.2) is 4.68 Å². The molecule has 0 aliphatic heterocycles. The molecule has 1 rings (SSSR count). The van der Waals surface area contributed by atoms with Crippen LogP contribution in [0.25, 0.3) is 0 Å². The molecule has 0 aliphatic rings. The van der Waals surface area contributed by atoms with Gasteiger partial charge in [0, 0.05) is 6.07 Å². The minimum Gasteiger partial charge on any atom is -0.380 e. The topological polar surface area (TPSA) is 55.1 Å². The second kappa shape index (κ2) is 5.47. The minimum atomic E-state index is -0.638. The van der Waals surface area contributed by atoms with E-state index >= 15 is 0 Å². The summed E-state index contributed by atoms with van der Waals surface area (Å²) in [6, 6.07) is 3.01. The Hall–Kier alpha value is -1.60. The Bertz CT molecular complexity index is 466. The molecule has 1 atom stereocenters. The first kappa shape index (κ1) is 12.5. The van der Waals surface area contributed by atoms with E-state index in [2.05, 4.69) is 16.9 Å². The summed E-state index contributed by atoms with van der Waals surface area (Å²) in [7, 11) is 0. The number of aliphatic hydroxyl groups is 1. The molecular formula is C12H16N2O2. The van der Waals surface area contributed by atoms with Crippen molar-refractivity contribution in [1.82, 2.24) is 9.78 Å². The Morgan fingerprint density at radius 2 is 2.19 bits per heavy atom. The van der Waals surface area contributed by atoms with Crippen molar-refractivity contribution in [3.8, 4) is 11.8 Å². The van der Waals surface area contributed by atoms with E-state index in [1.165, 1.54) is 10.7 Å². The lowest BCUT2D eigenvalue weighted by atomic mass is 10.2. The lowest BCUT2D eigenvalue weighted by Crippen LogP contribution is -2.24. The van der Waals surface area contributed by atoms with E-state index in [1.54, 1.807) is 6.07 Å². The zero-order chi connectivity index (χ0) is 12.1. The summed E-state index contributed by atoms with van der Waals surface area (Å²) >= 11 is 0. The van der Waals surface area contributed by atoms with E-state index in [4.69, 9.17) is 0 Å². The predicted octanol–water partition coefficient (Wildman–Crippen LogP) is 0.947. The van der Waals surface area contributed by atoms with Crippen LogP contribution in [0.3, 0.4) is 0 Å². The normalized spacial score (nSPS) is 12.1. The molecule has 0 saturated heterocycles. The molecule has 1 unspecified atom stereocenters. The smallest absolute Gasteiger partial charge is 0.267 e. The zero-order valence-electron chi connectivity index (χ0n) is 9.77. The Morgan fingerprint density at radius 3 is 2.75 bits per heavy atom. The fraction of sp³-hybridized carbons (Fsp3) is 0.500. The molecule has 1 heterocycles. The summed E-state index contributed by atoms with van der Waals surface area (Å²) in [5.74, 6) is 5.41. The SMILES string of the molecule is CCC(O)C#Cc1ccc(=O)n(C(C)C)n1. The fourth-order valence-electron chi connectivity index (χ4n) is 1.12. The average Bonchev–Trinajstić information content (AvgIpc) is 2.27. The van der Waals surface area contributed by atoms with Crippen LogP contribution in [0.2, 0.25) is 0 Å². The number of hydrogen-bond donors (Lipinski definition) is 1. The molecule has 0 saturated carbocycles. The van der Waals surface area contributed by atoms with Crippen molar-refractivity contribution in [2.24, 2.45) is 0 Å². The van der Waals surface area contributed by atoms with Crippen LogP contribution < -0.4 is 5.56 Å². The molecule has 0 radical (unpaired) electrons. The average molecular weight is 220 g/mol. The molecule has 1 N–H and O–H groups in total. The zero-order valence-corrected chi connectivity index (χ0v) is 9.77. The lowest BCUT2D eigenvalue weighted by Gasteiger charge is -2.07. The van der Waals surface area contributed by atoms with Crippen LogP contribution in [0.15, 0.2) is 16.9 Å². The first-order chi connectivity index (χ1) is 7.54. The van der Waals surface area contributed by atoms with Crippen molar-refractivity contribution < 1.29 is 5.11 Å². The molecule has 4 heteroatoms. The van der Waals surface area contributed by atoms with E-state index in [9.17, 15) is 9.90 Å². The van der Waals surface area contributed by atoms with Gasteiger partial charge in [-0.3, -0.25) is 4.79 Å². The van der Waals surface area contributed by atoms with E-state index in [1.807, 2.05) is 20.8 Å². The van der Waals surface area contributed by atoms with Gasteiger partial charge >= 0.3 is 0 Å². The standard InChI is InChI=1S/C12H16N2O2/c1-4-11(15)7-5-10-6-8-12(16)14(13-10)9(2)3/h6,8-9,11,15H,4H2,1-3H3. The number of nitrogens with zero attached hydrogens (tertiary/aromatic N) is 2. The van der Waals surface area contributed by atoms with Crippen molar-refractivity contribution in [3.63, 3.8) is 0 Å². The Balaban J connectivity index is 3.03. The van der Waals surface area contributed by atoms with Crippen LogP contribution >= 0.6 is 0 Å². The van der Waals surface area contributed by atoms with Crippen LogP contribution in [0, 0.1) is 11.8 Å². The number of hydrogen-bond acceptors (Lipinski definition) is 3. The molecule has 0 bridgehead atoms. The molecule has 0 aromatic carbocycles. The predicted molar refractivity (Wildman–Crippen MR) is 62.1 cm³/mol. The first-order valence-corrected chi connectivity index (χ1v) is 5.34. The van der Waals surface area contributed by atoms with Gasteiger partial charge in [0.1, 0.15) is 11.8 Å². The molecule has 0 aliphatic carbocycles. The second-order valence-corrected chi connectivity index (χ2v) is 3.79. The van der Waals surface area contributed by atoms with Crippen LogP contribution in [0.5, 0.6) is 0 Å². The highest BCUT2D eigenvalue weighted by Gasteiger charge is 2.02. The molecule has 86 valence electrons. The molecule has 4 nitrogen and oxygen atoms in total. The third kappa shape index (κ3) is 3.21. The van der Waals surface area contributed by atoms with Crippen molar-refractivity contribution >= 4 is 0 Å². The molecule has 0 amide bonds. The monoisotopic (exact) mass is 220 g/mol. The summed E-state index contributed by atoms with van der Waals surface area (Å²) in [6.07, 6.45) is -0.0576. The number of aromatic nitrogens is 2. The van der Waals surface area contributed by atoms with Gasteiger partial charge in [-0.05, 0) is 32.3 Å². The Labute approximate surface area is 94.9 Å². The summed E-state index contributed by atoms with van der Waals surface area (Å²) in [6.45, 7) is 5.61. The van der Waals surface area contributed by atoms with E-state index in [-0.39, 0.29) is 11.6 Å². The lowest BCUT2D eigenvalue weighted by molar-refractivity contribution is 0.228. The van der Waals surface area contributed by atoms with E-state index < -0.39 is 6.10 Å². The summed E-state index contributed by atoms with van der Waals surface area (Å²) in [4.78, 5) is 11.4. The van der Waals surface area contributed by atoms with Crippen LogP contribution in [0.1, 0.15) is 38.9 Å². The Kier molecular flexibility index (Phi) is 4.27. The van der Waals surface area contributed by atoms with Gasteiger partial charge in [-0.1, -0.05) is 12.8 Å². The van der Waals surface area contributed by atoms with Crippen molar-refractivity contribution in [3.05, 3.63) is 28.2 Å². The van der Waals surface area contributed by atoms with Gasteiger partial charge < -0.3 is 5.11 Å².